The Labute approximate surface area is 96.5 Å². The molecule has 16 heavy (non-hydrogen) atoms. The average molecular weight is 221 g/mol. The number of ether oxygens (including phenoxy) is 2. The summed E-state index contributed by atoms with van der Waals surface area (Å²) in [6.07, 6.45) is 2.59. The highest BCUT2D eigenvalue weighted by Gasteiger charge is 2.22. The van der Waals surface area contributed by atoms with Gasteiger partial charge < -0.3 is 15.2 Å². The number of nitrogens with two attached hydrogens (primary N) is 1. The van der Waals surface area contributed by atoms with Gasteiger partial charge in [-0.15, -0.1) is 0 Å². The first-order chi connectivity index (χ1) is 7.83. The lowest BCUT2D eigenvalue weighted by atomic mass is 10.2. The van der Waals surface area contributed by atoms with Gasteiger partial charge in [-0.05, 0) is 43.4 Å². The zero-order chi connectivity index (χ0) is 11.4. The molecule has 1 fully saturated rings. The van der Waals surface area contributed by atoms with Crippen molar-refractivity contribution in [3.63, 3.8) is 0 Å². The van der Waals surface area contributed by atoms with Crippen molar-refractivity contribution in [2.24, 2.45) is 11.7 Å². The molecule has 0 heterocycles. The molecule has 1 aliphatic rings. The zero-order valence-corrected chi connectivity index (χ0v) is 9.74. The third-order valence-corrected chi connectivity index (χ3v) is 2.72. The molecule has 0 aromatic heterocycles. The van der Waals surface area contributed by atoms with E-state index in [9.17, 15) is 0 Å². The minimum absolute atomic E-state index is 0.531. The van der Waals surface area contributed by atoms with E-state index in [1.54, 1.807) is 0 Å². The molecular weight excluding hydrogens is 202 g/mol. The average Bonchev–Trinajstić information content (AvgIpc) is 3.11. The van der Waals surface area contributed by atoms with Crippen LogP contribution in [0.15, 0.2) is 18.2 Å². The van der Waals surface area contributed by atoms with Gasteiger partial charge in [0.05, 0.1) is 13.2 Å². The minimum atomic E-state index is 0.531. The lowest BCUT2D eigenvalue weighted by Crippen LogP contribution is -2.04. The fourth-order valence-corrected chi connectivity index (χ4v) is 1.56. The number of hydrogen-bond donors (Lipinski definition) is 1. The van der Waals surface area contributed by atoms with Crippen molar-refractivity contribution in [3.8, 4) is 11.5 Å². The maximum Gasteiger partial charge on any atom is 0.161 e. The molecular formula is C13H19NO2. The fourth-order valence-electron chi connectivity index (χ4n) is 1.56. The lowest BCUT2D eigenvalue weighted by molar-refractivity contribution is 0.266. The molecule has 0 spiro atoms. The Morgan fingerprint density at radius 1 is 1.25 bits per heavy atom. The number of hydrogen-bond acceptors (Lipinski definition) is 3. The summed E-state index contributed by atoms with van der Waals surface area (Å²) in [5.41, 5.74) is 6.67. The van der Waals surface area contributed by atoms with Crippen molar-refractivity contribution in [1.29, 1.82) is 0 Å². The van der Waals surface area contributed by atoms with E-state index in [2.05, 4.69) is 0 Å². The summed E-state index contributed by atoms with van der Waals surface area (Å²) < 4.78 is 11.3. The van der Waals surface area contributed by atoms with Crippen molar-refractivity contribution < 1.29 is 9.47 Å². The van der Waals surface area contributed by atoms with E-state index in [-0.39, 0.29) is 0 Å². The number of rotatable bonds is 6. The molecule has 1 aromatic rings. The SMILES string of the molecule is CCOc1cc(CN)ccc1OCC1CC1. The number of benzene rings is 1. The third-order valence-electron chi connectivity index (χ3n) is 2.72. The van der Waals surface area contributed by atoms with E-state index >= 15 is 0 Å². The summed E-state index contributed by atoms with van der Waals surface area (Å²) in [5.74, 6) is 2.40. The molecule has 2 N–H and O–H groups in total. The van der Waals surface area contributed by atoms with Gasteiger partial charge in [0.25, 0.3) is 0 Å². The first kappa shape index (κ1) is 11.3. The highest BCUT2D eigenvalue weighted by molar-refractivity contribution is 5.43. The molecule has 0 amide bonds. The van der Waals surface area contributed by atoms with Gasteiger partial charge in [-0.25, -0.2) is 0 Å². The molecule has 0 atom stereocenters. The van der Waals surface area contributed by atoms with Crippen molar-refractivity contribution in [3.05, 3.63) is 23.8 Å². The Hall–Kier alpha value is -1.22. The van der Waals surface area contributed by atoms with Crippen molar-refractivity contribution in [2.45, 2.75) is 26.3 Å². The predicted molar refractivity (Wildman–Crippen MR) is 63.7 cm³/mol. The second-order valence-electron chi connectivity index (χ2n) is 4.17. The Morgan fingerprint density at radius 3 is 2.69 bits per heavy atom. The molecule has 3 nitrogen and oxygen atoms in total. The molecule has 1 saturated carbocycles. The molecule has 0 unspecified atom stereocenters. The van der Waals surface area contributed by atoms with Crippen LogP contribution >= 0.6 is 0 Å². The standard InChI is InChI=1S/C13H19NO2/c1-2-15-13-7-11(8-14)5-6-12(13)16-9-10-3-4-10/h5-7,10H,2-4,8-9,14H2,1H3. The largest absolute Gasteiger partial charge is 0.490 e. The van der Waals surface area contributed by atoms with Crippen LogP contribution in [0.25, 0.3) is 0 Å². The molecule has 0 aliphatic heterocycles. The normalized spacial score (nSPS) is 14.9. The molecule has 1 aromatic carbocycles. The lowest BCUT2D eigenvalue weighted by Gasteiger charge is -2.12. The van der Waals surface area contributed by atoms with Crippen molar-refractivity contribution in [2.75, 3.05) is 13.2 Å². The smallest absolute Gasteiger partial charge is 0.161 e. The molecule has 2 rings (SSSR count). The van der Waals surface area contributed by atoms with Crippen molar-refractivity contribution in [1.82, 2.24) is 0 Å². The fraction of sp³-hybridized carbons (Fsp3) is 0.538. The molecule has 3 heteroatoms. The predicted octanol–water partition coefficient (Wildman–Crippen LogP) is 2.33. The third kappa shape index (κ3) is 2.89. The summed E-state index contributed by atoms with van der Waals surface area (Å²) in [5, 5.41) is 0. The molecule has 0 radical (unpaired) electrons. The van der Waals surface area contributed by atoms with Gasteiger partial charge in [-0.3, -0.25) is 0 Å². The molecule has 0 saturated heterocycles. The Kier molecular flexibility index (Phi) is 3.67. The second kappa shape index (κ2) is 5.21. The Bertz CT molecular complexity index is 348. The zero-order valence-electron chi connectivity index (χ0n) is 9.74. The van der Waals surface area contributed by atoms with Gasteiger partial charge in [-0.2, -0.15) is 0 Å². The van der Waals surface area contributed by atoms with E-state index < -0.39 is 0 Å². The summed E-state index contributed by atoms with van der Waals surface area (Å²) in [7, 11) is 0. The van der Waals surface area contributed by atoms with Crippen LogP contribution in [0, 0.1) is 5.92 Å². The van der Waals surface area contributed by atoms with Gasteiger partial charge in [0.2, 0.25) is 0 Å². The van der Waals surface area contributed by atoms with Crippen LogP contribution < -0.4 is 15.2 Å². The first-order valence-electron chi connectivity index (χ1n) is 5.92. The Morgan fingerprint density at radius 2 is 2.06 bits per heavy atom. The maximum atomic E-state index is 5.75. The highest BCUT2D eigenvalue weighted by atomic mass is 16.5. The van der Waals surface area contributed by atoms with E-state index in [0.717, 1.165) is 29.6 Å². The van der Waals surface area contributed by atoms with E-state index in [1.807, 2.05) is 25.1 Å². The van der Waals surface area contributed by atoms with Crippen LogP contribution in [-0.4, -0.2) is 13.2 Å². The van der Waals surface area contributed by atoms with Crippen LogP contribution in [-0.2, 0) is 6.54 Å². The molecule has 1 aliphatic carbocycles. The van der Waals surface area contributed by atoms with E-state index in [0.29, 0.717) is 13.2 Å². The van der Waals surface area contributed by atoms with Gasteiger partial charge in [0, 0.05) is 6.54 Å². The maximum absolute atomic E-state index is 5.75. The van der Waals surface area contributed by atoms with Gasteiger partial charge in [-0.1, -0.05) is 6.07 Å². The van der Waals surface area contributed by atoms with Gasteiger partial charge in [0.1, 0.15) is 0 Å². The van der Waals surface area contributed by atoms with E-state index in [4.69, 9.17) is 15.2 Å². The summed E-state index contributed by atoms with van der Waals surface area (Å²) in [6, 6.07) is 5.91. The van der Waals surface area contributed by atoms with Gasteiger partial charge >= 0.3 is 0 Å². The molecule has 0 bridgehead atoms. The van der Waals surface area contributed by atoms with Crippen LogP contribution in [0.5, 0.6) is 11.5 Å². The highest BCUT2D eigenvalue weighted by Crippen LogP contribution is 2.33. The van der Waals surface area contributed by atoms with Crippen LogP contribution in [0.4, 0.5) is 0 Å². The van der Waals surface area contributed by atoms with Crippen LogP contribution in [0.2, 0.25) is 0 Å². The second-order valence-corrected chi connectivity index (χ2v) is 4.17. The topological polar surface area (TPSA) is 44.5 Å². The van der Waals surface area contributed by atoms with Crippen LogP contribution in [0.3, 0.4) is 0 Å². The van der Waals surface area contributed by atoms with Crippen molar-refractivity contribution >= 4 is 0 Å². The summed E-state index contributed by atoms with van der Waals surface area (Å²) >= 11 is 0. The Balaban J connectivity index is 2.06. The molecule has 88 valence electrons. The van der Waals surface area contributed by atoms with E-state index in [1.165, 1.54) is 12.8 Å². The van der Waals surface area contributed by atoms with Gasteiger partial charge in [0.15, 0.2) is 11.5 Å². The quantitative estimate of drug-likeness (QED) is 0.801. The monoisotopic (exact) mass is 221 g/mol. The summed E-state index contributed by atoms with van der Waals surface area (Å²) in [6.45, 7) is 3.96. The summed E-state index contributed by atoms with van der Waals surface area (Å²) in [4.78, 5) is 0. The van der Waals surface area contributed by atoms with Crippen LogP contribution in [0.1, 0.15) is 25.3 Å². The minimum Gasteiger partial charge on any atom is -0.490 e. The first-order valence-corrected chi connectivity index (χ1v) is 5.92.